The van der Waals surface area contributed by atoms with E-state index in [1.54, 1.807) is 7.11 Å². The molecule has 1 fully saturated rings. The van der Waals surface area contributed by atoms with Gasteiger partial charge in [0.25, 0.3) is 0 Å². The molecule has 0 spiro atoms. The maximum atomic E-state index is 8.80. The average molecular weight is 350 g/mol. The third-order valence-corrected chi connectivity index (χ3v) is 5.23. The summed E-state index contributed by atoms with van der Waals surface area (Å²) in [6.45, 7) is 0.391. The maximum absolute atomic E-state index is 8.80. The van der Waals surface area contributed by atoms with Crippen LogP contribution < -0.4 is 10.1 Å². The molecule has 0 bridgehead atoms. The monoisotopic (exact) mass is 350 g/mol. The van der Waals surface area contributed by atoms with E-state index in [0.717, 1.165) is 17.7 Å². The molecule has 1 aliphatic rings. The molecule has 3 atom stereocenters. The van der Waals surface area contributed by atoms with Crippen LogP contribution in [-0.2, 0) is 0 Å². The second-order valence-electron chi connectivity index (χ2n) is 6.82. The maximum Gasteiger partial charge on any atom is 0.119 e. The van der Waals surface area contributed by atoms with Gasteiger partial charge in [0.1, 0.15) is 5.75 Å². The number of hydrogen-bond acceptors (Lipinski definition) is 3. The molecule has 1 aliphatic carbocycles. The molecule has 2 aromatic rings. The number of methoxy groups -OCH3 is 1. The summed E-state index contributed by atoms with van der Waals surface area (Å²) in [4.78, 5) is 2.97. The van der Waals surface area contributed by atoms with Gasteiger partial charge in [0.2, 0.25) is 0 Å². The van der Waals surface area contributed by atoms with Crippen LogP contribution in [0.1, 0.15) is 48.8 Å². The number of rotatable bonds is 7. The van der Waals surface area contributed by atoms with E-state index in [1.165, 1.54) is 24.8 Å². The normalized spacial score (nSPS) is 20.8. The molecule has 1 saturated carbocycles. The highest BCUT2D eigenvalue weighted by atomic mass is 16.5. The van der Waals surface area contributed by atoms with Gasteiger partial charge in [0.15, 0.2) is 0 Å². The van der Waals surface area contributed by atoms with Gasteiger partial charge in [-0.2, -0.15) is 0 Å². The van der Waals surface area contributed by atoms with Crippen molar-refractivity contribution in [2.24, 2.45) is 5.11 Å². The third-order valence-electron chi connectivity index (χ3n) is 5.23. The summed E-state index contributed by atoms with van der Waals surface area (Å²) < 4.78 is 5.36. The fourth-order valence-electron chi connectivity index (χ4n) is 3.92. The molecular formula is C21H26N4O. The van der Waals surface area contributed by atoms with Crippen LogP contribution in [0.25, 0.3) is 10.4 Å². The molecule has 0 saturated heterocycles. The molecule has 2 unspecified atom stereocenters. The van der Waals surface area contributed by atoms with E-state index < -0.39 is 0 Å². The number of nitrogens with zero attached hydrogens (tertiary/aromatic N) is 3. The van der Waals surface area contributed by atoms with Gasteiger partial charge < -0.3 is 10.1 Å². The lowest BCUT2D eigenvalue weighted by atomic mass is 9.79. The Balaban J connectivity index is 1.83. The molecule has 5 nitrogen and oxygen atoms in total. The third kappa shape index (κ3) is 4.57. The Kier molecular flexibility index (Phi) is 6.53. The molecule has 26 heavy (non-hydrogen) atoms. The van der Waals surface area contributed by atoms with Gasteiger partial charge in [-0.3, -0.25) is 0 Å². The van der Waals surface area contributed by atoms with Gasteiger partial charge in [-0.25, -0.2) is 0 Å². The van der Waals surface area contributed by atoms with Crippen LogP contribution in [-0.4, -0.2) is 19.7 Å². The van der Waals surface area contributed by atoms with Gasteiger partial charge in [-0.15, -0.1) is 0 Å². The average Bonchev–Trinajstić information content (AvgIpc) is 2.72. The van der Waals surface area contributed by atoms with E-state index in [2.05, 4.69) is 51.7 Å². The van der Waals surface area contributed by atoms with E-state index in [1.807, 2.05) is 18.2 Å². The molecule has 5 heteroatoms. The van der Waals surface area contributed by atoms with E-state index >= 15 is 0 Å². The molecular weight excluding hydrogens is 324 g/mol. The number of nitrogens with one attached hydrogen (secondary N) is 1. The Morgan fingerprint density at radius 2 is 1.96 bits per heavy atom. The van der Waals surface area contributed by atoms with Crippen LogP contribution in [0, 0.1) is 0 Å². The van der Waals surface area contributed by atoms with Crippen LogP contribution in [0.2, 0.25) is 0 Å². The molecule has 0 aliphatic heterocycles. The van der Waals surface area contributed by atoms with Crippen LogP contribution in [0.4, 0.5) is 0 Å². The quantitative estimate of drug-likeness (QED) is 0.415. The van der Waals surface area contributed by atoms with Crippen molar-refractivity contribution in [1.82, 2.24) is 5.32 Å². The smallest absolute Gasteiger partial charge is 0.119 e. The van der Waals surface area contributed by atoms with Gasteiger partial charge in [-0.05, 0) is 47.6 Å². The van der Waals surface area contributed by atoms with E-state index in [-0.39, 0.29) is 6.04 Å². The molecule has 1 N–H and O–H groups in total. The minimum absolute atomic E-state index is 0.0182. The highest BCUT2D eigenvalue weighted by molar-refractivity contribution is 5.31. The topological polar surface area (TPSA) is 70.0 Å². The first-order chi connectivity index (χ1) is 12.8. The molecule has 0 heterocycles. The first-order valence-electron chi connectivity index (χ1n) is 9.27. The van der Waals surface area contributed by atoms with Crippen molar-refractivity contribution in [3.8, 4) is 5.75 Å². The predicted molar refractivity (Wildman–Crippen MR) is 104 cm³/mol. The number of hydrogen-bond donors (Lipinski definition) is 1. The first kappa shape index (κ1) is 18.3. The Hall–Kier alpha value is -2.49. The van der Waals surface area contributed by atoms with Crippen molar-refractivity contribution in [2.75, 3.05) is 13.7 Å². The van der Waals surface area contributed by atoms with E-state index in [4.69, 9.17) is 10.3 Å². The van der Waals surface area contributed by atoms with E-state index in [0.29, 0.717) is 18.5 Å². The van der Waals surface area contributed by atoms with Crippen molar-refractivity contribution in [3.63, 3.8) is 0 Å². The number of benzene rings is 2. The molecule has 3 rings (SSSR count). The number of azide groups is 1. The summed E-state index contributed by atoms with van der Waals surface area (Å²) in [5.74, 6) is 1.31. The Morgan fingerprint density at radius 1 is 1.15 bits per heavy atom. The standard InChI is InChI=1S/C21H26N4O/c1-26-18-11-7-10-17(14-18)21(15-23-25-22)24-20-13-6-5-12-19(20)16-8-3-2-4-9-16/h2-4,7-11,14,19-21,24H,5-6,12-13,15H2,1H3/t19?,20?,21-/m1/s1. The lowest BCUT2D eigenvalue weighted by Gasteiger charge is -2.35. The summed E-state index contributed by atoms with van der Waals surface area (Å²) in [6.07, 6.45) is 4.82. The fourth-order valence-corrected chi connectivity index (χ4v) is 3.92. The molecule has 0 radical (unpaired) electrons. The van der Waals surface area contributed by atoms with Gasteiger partial charge >= 0.3 is 0 Å². The molecule has 0 amide bonds. The zero-order valence-corrected chi connectivity index (χ0v) is 15.2. The van der Waals surface area contributed by atoms with Gasteiger partial charge in [0, 0.05) is 23.5 Å². The summed E-state index contributed by atoms with van der Waals surface area (Å²) >= 11 is 0. The van der Waals surface area contributed by atoms with Crippen molar-refractivity contribution in [1.29, 1.82) is 0 Å². The molecule has 136 valence electrons. The minimum Gasteiger partial charge on any atom is -0.497 e. The fraction of sp³-hybridized carbons (Fsp3) is 0.429. The predicted octanol–water partition coefficient (Wildman–Crippen LogP) is 5.36. The SMILES string of the molecule is COc1cccc([C@@H](CN=[N+]=[N-])NC2CCCCC2c2ccccc2)c1. The van der Waals surface area contributed by atoms with Crippen LogP contribution in [0.15, 0.2) is 59.7 Å². The lowest BCUT2D eigenvalue weighted by molar-refractivity contribution is 0.301. The van der Waals surface area contributed by atoms with Gasteiger partial charge in [0.05, 0.1) is 7.11 Å². The zero-order chi connectivity index (χ0) is 18.2. The lowest BCUT2D eigenvalue weighted by Crippen LogP contribution is -2.40. The Morgan fingerprint density at radius 3 is 2.73 bits per heavy atom. The first-order valence-corrected chi connectivity index (χ1v) is 9.27. The molecule has 2 aromatic carbocycles. The summed E-state index contributed by atoms with van der Waals surface area (Å²) in [5, 5.41) is 7.63. The highest BCUT2D eigenvalue weighted by Crippen LogP contribution is 2.34. The Labute approximate surface area is 155 Å². The highest BCUT2D eigenvalue weighted by Gasteiger charge is 2.28. The summed E-state index contributed by atoms with van der Waals surface area (Å²) in [7, 11) is 1.67. The second kappa shape index (κ2) is 9.27. The van der Waals surface area contributed by atoms with Crippen molar-refractivity contribution >= 4 is 0 Å². The number of ether oxygens (including phenoxy) is 1. The zero-order valence-electron chi connectivity index (χ0n) is 15.2. The summed E-state index contributed by atoms with van der Waals surface area (Å²) in [5.41, 5.74) is 11.3. The van der Waals surface area contributed by atoms with E-state index in [9.17, 15) is 0 Å². The van der Waals surface area contributed by atoms with Crippen molar-refractivity contribution in [2.45, 2.75) is 43.7 Å². The second-order valence-corrected chi connectivity index (χ2v) is 6.82. The van der Waals surface area contributed by atoms with Crippen LogP contribution in [0.5, 0.6) is 5.75 Å². The van der Waals surface area contributed by atoms with Crippen LogP contribution in [0.3, 0.4) is 0 Å². The largest absolute Gasteiger partial charge is 0.497 e. The van der Waals surface area contributed by atoms with Crippen molar-refractivity contribution in [3.05, 3.63) is 76.2 Å². The molecule has 0 aromatic heterocycles. The van der Waals surface area contributed by atoms with Crippen LogP contribution >= 0.6 is 0 Å². The summed E-state index contributed by atoms with van der Waals surface area (Å²) in [6, 6.07) is 19.1. The Bertz CT molecular complexity index is 743. The van der Waals surface area contributed by atoms with Crippen molar-refractivity contribution < 1.29 is 4.74 Å². The minimum atomic E-state index is -0.0182. The van der Waals surface area contributed by atoms with Gasteiger partial charge in [-0.1, -0.05) is 60.4 Å².